The zero-order valence-electron chi connectivity index (χ0n) is 14.7. The molecule has 3 aromatic heterocycles. The van der Waals surface area contributed by atoms with Crippen LogP contribution in [0.1, 0.15) is 5.69 Å². The van der Waals surface area contributed by atoms with Gasteiger partial charge >= 0.3 is 0 Å². The lowest BCUT2D eigenvalue weighted by molar-refractivity contribution is -0.387. The molecule has 13 heteroatoms. The molecule has 0 saturated carbocycles. The molecule has 0 fully saturated rings. The third-order valence-electron chi connectivity index (χ3n) is 4.02. The van der Waals surface area contributed by atoms with Crippen molar-refractivity contribution in [3.05, 3.63) is 63.7 Å². The Balaban J connectivity index is 1.94. The molecule has 4 rings (SSSR count). The first-order valence-corrected chi connectivity index (χ1v) is 9.92. The Morgan fingerprint density at radius 3 is 2.69 bits per heavy atom. The summed E-state index contributed by atoms with van der Waals surface area (Å²) >= 11 is 5.96. The van der Waals surface area contributed by atoms with Crippen LogP contribution in [0.4, 0.5) is 17.3 Å². The molecule has 0 radical (unpaired) electrons. The number of nitrogens with one attached hydrogen (secondary N) is 2. The lowest BCUT2D eigenvalue weighted by Gasteiger charge is -2.11. The number of aromatic nitrogens is 5. The number of anilines is 2. The summed E-state index contributed by atoms with van der Waals surface area (Å²) in [5.74, 6) is 0.466. The van der Waals surface area contributed by atoms with Gasteiger partial charge in [0.05, 0.1) is 10.4 Å². The molecule has 29 heavy (non-hydrogen) atoms. The number of nitro benzene ring substituents is 1. The molecule has 0 aliphatic rings. The Hall–Kier alpha value is -3.51. The van der Waals surface area contributed by atoms with Gasteiger partial charge in [0, 0.05) is 24.0 Å². The van der Waals surface area contributed by atoms with E-state index < -0.39 is 25.5 Å². The van der Waals surface area contributed by atoms with E-state index in [0.29, 0.717) is 5.82 Å². The van der Waals surface area contributed by atoms with Gasteiger partial charge in [-0.2, -0.15) is 10.1 Å². The van der Waals surface area contributed by atoms with E-state index in [1.54, 1.807) is 13.0 Å². The van der Waals surface area contributed by atoms with E-state index in [2.05, 4.69) is 25.5 Å². The fourth-order valence-electron chi connectivity index (χ4n) is 2.81. The van der Waals surface area contributed by atoms with Crippen LogP contribution in [0.3, 0.4) is 0 Å². The van der Waals surface area contributed by atoms with Crippen LogP contribution in [0.15, 0.2) is 47.5 Å². The van der Waals surface area contributed by atoms with E-state index >= 15 is 0 Å². The van der Waals surface area contributed by atoms with Crippen LogP contribution in [-0.2, 0) is 10.0 Å². The Morgan fingerprint density at radius 2 is 2.00 bits per heavy atom. The lowest BCUT2D eigenvalue weighted by Crippen LogP contribution is -2.15. The highest BCUT2D eigenvalue weighted by Crippen LogP contribution is 2.31. The highest BCUT2D eigenvalue weighted by molar-refractivity contribution is 7.90. The number of para-hydroxylation sites is 1. The Labute approximate surface area is 168 Å². The highest BCUT2D eigenvalue weighted by atomic mass is 35.5. The van der Waals surface area contributed by atoms with Crippen molar-refractivity contribution in [3.63, 3.8) is 0 Å². The number of benzene rings is 1. The van der Waals surface area contributed by atoms with Crippen LogP contribution in [0.25, 0.3) is 11.0 Å². The summed E-state index contributed by atoms with van der Waals surface area (Å²) in [7, 11) is -4.34. The fraction of sp³-hybridized carbons (Fsp3) is 0.0625. The van der Waals surface area contributed by atoms with Gasteiger partial charge < -0.3 is 5.32 Å². The number of rotatable bonds is 5. The van der Waals surface area contributed by atoms with Crippen molar-refractivity contribution in [3.8, 4) is 0 Å². The van der Waals surface area contributed by atoms with Gasteiger partial charge in [-0.15, -0.1) is 0 Å². The number of aromatic amines is 1. The summed E-state index contributed by atoms with van der Waals surface area (Å²) < 4.78 is 27.4. The molecule has 1 aromatic carbocycles. The maximum absolute atomic E-state index is 13.2. The van der Waals surface area contributed by atoms with Gasteiger partial charge in [-0.25, -0.2) is 17.4 Å². The minimum absolute atomic E-state index is 0.0770. The second-order valence-electron chi connectivity index (χ2n) is 5.98. The number of nitro groups is 1. The minimum Gasteiger partial charge on any atom is -0.322 e. The standard InChI is InChI=1S/C16H12ClN7O4S/c1-9-8-13(22-21-9)19-15-14-10(18-16(17)20-15)6-7-23(14)29(27,28)12-5-3-2-4-11(12)24(25)26/h2-8H,1H3,(H2,18,19,20,21,22). The van der Waals surface area contributed by atoms with Crippen LogP contribution in [0.5, 0.6) is 0 Å². The lowest BCUT2D eigenvalue weighted by atomic mass is 10.3. The highest BCUT2D eigenvalue weighted by Gasteiger charge is 2.29. The molecule has 0 atom stereocenters. The zero-order chi connectivity index (χ0) is 20.8. The summed E-state index contributed by atoms with van der Waals surface area (Å²) in [6, 6.07) is 8.20. The molecule has 0 bridgehead atoms. The number of hydrogen-bond donors (Lipinski definition) is 2. The molecular formula is C16H12ClN7O4S. The molecule has 0 aliphatic heterocycles. The SMILES string of the molecule is Cc1cc(Nc2nc(Cl)nc3ccn(S(=O)(=O)c4ccccc4[N+](=O)[O-])c23)n[nH]1. The van der Waals surface area contributed by atoms with Crippen molar-refractivity contribution in [2.75, 3.05) is 5.32 Å². The number of fused-ring (bicyclic) bond motifs is 1. The first-order valence-electron chi connectivity index (χ1n) is 8.10. The second-order valence-corrected chi connectivity index (χ2v) is 8.10. The molecule has 0 unspecified atom stereocenters. The Kier molecular flexibility index (Phi) is 4.43. The van der Waals surface area contributed by atoms with Gasteiger partial charge in [-0.3, -0.25) is 15.2 Å². The number of halogens is 1. The van der Waals surface area contributed by atoms with E-state index in [-0.39, 0.29) is 22.1 Å². The number of aryl methyl sites for hydroxylation is 1. The Bertz CT molecular complexity index is 1360. The number of H-pyrrole nitrogens is 1. The summed E-state index contributed by atoms with van der Waals surface area (Å²) in [5, 5.41) is 20.9. The third kappa shape index (κ3) is 3.28. The Morgan fingerprint density at radius 1 is 1.24 bits per heavy atom. The first kappa shape index (κ1) is 18.8. The molecular weight excluding hydrogens is 422 g/mol. The van der Waals surface area contributed by atoms with Gasteiger partial charge in [0.15, 0.2) is 16.5 Å². The van der Waals surface area contributed by atoms with Crippen LogP contribution in [-0.4, -0.2) is 37.5 Å². The van der Waals surface area contributed by atoms with Gasteiger partial charge in [0.2, 0.25) is 5.28 Å². The minimum atomic E-state index is -4.34. The predicted octanol–water partition coefficient (Wildman–Crippen LogP) is 3.01. The van der Waals surface area contributed by atoms with Crippen LogP contribution < -0.4 is 5.32 Å². The molecule has 0 aliphatic carbocycles. The largest absolute Gasteiger partial charge is 0.322 e. The van der Waals surface area contributed by atoms with Crippen molar-refractivity contribution in [2.24, 2.45) is 0 Å². The molecule has 0 spiro atoms. The summed E-state index contributed by atoms with van der Waals surface area (Å²) in [5.41, 5.74) is 0.545. The quantitative estimate of drug-likeness (QED) is 0.277. The van der Waals surface area contributed by atoms with E-state index in [9.17, 15) is 18.5 Å². The maximum Gasteiger partial charge on any atom is 0.289 e. The smallest absolute Gasteiger partial charge is 0.289 e. The molecule has 148 valence electrons. The van der Waals surface area contributed by atoms with Crippen LogP contribution >= 0.6 is 11.6 Å². The normalized spacial score (nSPS) is 11.7. The van der Waals surface area contributed by atoms with Crippen molar-refractivity contribution >= 4 is 50.0 Å². The summed E-state index contributed by atoms with van der Waals surface area (Å²) in [6.45, 7) is 1.79. The van der Waals surface area contributed by atoms with Crippen molar-refractivity contribution in [1.29, 1.82) is 0 Å². The van der Waals surface area contributed by atoms with Gasteiger partial charge in [-0.1, -0.05) is 12.1 Å². The third-order valence-corrected chi connectivity index (χ3v) is 5.92. The van der Waals surface area contributed by atoms with Crippen molar-refractivity contribution in [2.45, 2.75) is 11.8 Å². The van der Waals surface area contributed by atoms with Crippen LogP contribution in [0, 0.1) is 17.0 Å². The van der Waals surface area contributed by atoms with E-state index in [4.69, 9.17) is 11.6 Å². The van der Waals surface area contributed by atoms with Gasteiger partial charge in [0.1, 0.15) is 5.52 Å². The number of hydrogen-bond acceptors (Lipinski definition) is 8. The molecule has 3 heterocycles. The molecule has 11 nitrogen and oxygen atoms in total. The number of nitrogens with zero attached hydrogens (tertiary/aromatic N) is 5. The fourth-order valence-corrected chi connectivity index (χ4v) is 4.50. The molecule has 2 N–H and O–H groups in total. The van der Waals surface area contributed by atoms with Gasteiger partial charge in [-0.05, 0) is 30.7 Å². The predicted molar refractivity (Wildman–Crippen MR) is 105 cm³/mol. The molecule has 4 aromatic rings. The first-order chi connectivity index (χ1) is 13.8. The second kappa shape index (κ2) is 6.83. The summed E-state index contributed by atoms with van der Waals surface area (Å²) in [4.78, 5) is 18.2. The van der Waals surface area contributed by atoms with E-state index in [1.807, 2.05) is 0 Å². The van der Waals surface area contributed by atoms with Crippen molar-refractivity contribution < 1.29 is 13.3 Å². The molecule has 0 saturated heterocycles. The topological polar surface area (TPSA) is 149 Å². The monoisotopic (exact) mass is 433 g/mol. The van der Waals surface area contributed by atoms with Crippen molar-refractivity contribution in [1.82, 2.24) is 24.1 Å². The van der Waals surface area contributed by atoms with Crippen LogP contribution in [0.2, 0.25) is 5.28 Å². The average molecular weight is 434 g/mol. The van der Waals surface area contributed by atoms with E-state index in [1.165, 1.54) is 30.5 Å². The average Bonchev–Trinajstić information content (AvgIpc) is 3.28. The zero-order valence-corrected chi connectivity index (χ0v) is 16.3. The molecule has 0 amide bonds. The van der Waals surface area contributed by atoms with E-state index in [0.717, 1.165) is 15.7 Å². The maximum atomic E-state index is 13.2. The van der Waals surface area contributed by atoms with Gasteiger partial charge in [0.25, 0.3) is 15.7 Å². The summed E-state index contributed by atoms with van der Waals surface area (Å²) in [6.07, 6.45) is 1.24.